The van der Waals surface area contributed by atoms with Crippen molar-refractivity contribution in [2.75, 3.05) is 77.4 Å². The number of morpholine rings is 1. The molecule has 0 spiro atoms. The maximum Gasteiger partial charge on any atom is 0.260 e. The second kappa shape index (κ2) is 10.1. The third-order valence-corrected chi connectivity index (χ3v) is 7.70. The fraction of sp³-hybridized carbons (Fsp3) is 0.464. The predicted octanol–water partition coefficient (Wildman–Crippen LogP) is 2.53. The fourth-order valence-electron chi connectivity index (χ4n) is 5.55. The van der Waals surface area contributed by atoms with Gasteiger partial charge in [-0.05, 0) is 18.1 Å². The van der Waals surface area contributed by atoms with Crippen LogP contribution in [0.1, 0.15) is 22.3 Å². The van der Waals surface area contributed by atoms with E-state index in [0.717, 1.165) is 88.8 Å². The van der Waals surface area contributed by atoms with Crippen molar-refractivity contribution in [3.05, 3.63) is 64.7 Å². The highest BCUT2D eigenvalue weighted by Crippen LogP contribution is 2.41. The summed E-state index contributed by atoms with van der Waals surface area (Å²) in [5, 5.41) is 2.96. The number of carbonyl (C=O) groups is 1. The van der Waals surface area contributed by atoms with E-state index in [9.17, 15) is 4.79 Å². The number of rotatable bonds is 6. The van der Waals surface area contributed by atoms with E-state index < -0.39 is 0 Å². The van der Waals surface area contributed by atoms with Crippen LogP contribution in [0, 0.1) is 0 Å². The van der Waals surface area contributed by atoms with Crippen LogP contribution in [0.5, 0.6) is 0 Å². The molecule has 0 aromatic heterocycles. The lowest BCUT2D eigenvalue weighted by Crippen LogP contribution is -2.49. The van der Waals surface area contributed by atoms with Crippen LogP contribution in [-0.4, -0.2) is 92.7 Å². The van der Waals surface area contributed by atoms with Crippen LogP contribution >= 0.6 is 0 Å². The molecule has 0 bridgehead atoms. The number of ether oxygens (including phenoxy) is 2. The van der Waals surface area contributed by atoms with E-state index in [2.05, 4.69) is 38.2 Å². The Morgan fingerprint density at radius 1 is 0.800 bits per heavy atom. The molecule has 6 rings (SSSR count). The van der Waals surface area contributed by atoms with Crippen LogP contribution in [-0.2, 0) is 27.3 Å². The van der Waals surface area contributed by atoms with Gasteiger partial charge in [-0.25, -0.2) is 0 Å². The zero-order valence-electron chi connectivity index (χ0n) is 20.3. The Hall–Kier alpha value is -2.71. The van der Waals surface area contributed by atoms with E-state index in [1.165, 1.54) is 17.7 Å². The molecule has 1 amide bonds. The summed E-state index contributed by atoms with van der Waals surface area (Å²) >= 11 is 0. The molecule has 1 N–H and O–H groups in total. The van der Waals surface area contributed by atoms with Crippen LogP contribution in [0.25, 0.3) is 11.3 Å². The molecule has 7 nitrogen and oxygen atoms in total. The molecule has 4 aliphatic heterocycles. The second-order valence-electron chi connectivity index (χ2n) is 9.87. The summed E-state index contributed by atoms with van der Waals surface area (Å²) in [5.74, 6) is 0.629. The van der Waals surface area contributed by atoms with Crippen molar-refractivity contribution in [3.8, 4) is 0 Å². The van der Waals surface area contributed by atoms with Crippen LogP contribution in [0.3, 0.4) is 0 Å². The molecule has 7 heteroatoms. The number of para-hydroxylation sites is 1. The topological polar surface area (TPSA) is 57.3 Å². The minimum absolute atomic E-state index is 0.0813. The molecule has 0 saturated carbocycles. The molecule has 4 aliphatic rings. The Labute approximate surface area is 207 Å². The molecular weight excluding hydrogens is 440 g/mol. The Morgan fingerprint density at radius 3 is 2.31 bits per heavy atom. The summed E-state index contributed by atoms with van der Waals surface area (Å²) in [5.41, 5.74) is 5.99. The van der Waals surface area contributed by atoms with E-state index in [-0.39, 0.29) is 5.91 Å². The average Bonchev–Trinajstić information content (AvgIpc) is 3.46. The number of hydrogen-bond donors (Lipinski definition) is 1. The molecule has 35 heavy (non-hydrogen) atoms. The lowest BCUT2D eigenvalue weighted by atomic mass is 9.98. The highest BCUT2D eigenvalue weighted by atomic mass is 16.5. The maximum absolute atomic E-state index is 12.7. The van der Waals surface area contributed by atoms with Crippen molar-refractivity contribution in [3.63, 3.8) is 0 Å². The number of carbonyl (C=O) groups excluding carboxylic acids is 1. The van der Waals surface area contributed by atoms with E-state index in [0.29, 0.717) is 17.9 Å². The van der Waals surface area contributed by atoms with Gasteiger partial charge in [0.2, 0.25) is 0 Å². The second-order valence-corrected chi connectivity index (χ2v) is 9.87. The summed E-state index contributed by atoms with van der Waals surface area (Å²) in [6.45, 7) is 12.4. The molecule has 0 radical (unpaired) electrons. The highest BCUT2D eigenvalue weighted by molar-refractivity contribution is 6.36. The molecule has 2 fully saturated rings. The molecular formula is C28H34N4O3. The first-order chi connectivity index (χ1) is 17.2. The molecule has 2 saturated heterocycles. The first-order valence-electron chi connectivity index (χ1n) is 12.9. The van der Waals surface area contributed by atoms with Gasteiger partial charge in [-0.15, -0.1) is 0 Å². The van der Waals surface area contributed by atoms with Gasteiger partial charge in [-0.2, -0.15) is 0 Å². The van der Waals surface area contributed by atoms with Crippen molar-refractivity contribution in [2.24, 2.45) is 0 Å². The summed E-state index contributed by atoms with van der Waals surface area (Å²) in [6.07, 6.45) is 1.04. The van der Waals surface area contributed by atoms with Gasteiger partial charge in [-0.1, -0.05) is 36.4 Å². The number of fused-ring (bicyclic) bond motifs is 2. The normalized spacial score (nSPS) is 23.1. The van der Waals surface area contributed by atoms with E-state index >= 15 is 0 Å². The van der Waals surface area contributed by atoms with Crippen molar-refractivity contribution in [2.45, 2.75) is 13.0 Å². The van der Waals surface area contributed by atoms with Gasteiger partial charge >= 0.3 is 0 Å². The van der Waals surface area contributed by atoms with Gasteiger partial charge in [0.05, 0.1) is 18.8 Å². The van der Waals surface area contributed by atoms with Crippen LogP contribution in [0.15, 0.2) is 42.5 Å². The monoisotopic (exact) mass is 474 g/mol. The van der Waals surface area contributed by atoms with E-state index in [1.54, 1.807) is 0 Å². The molecule has 0 unspecified atom stereocenters. The van der Waals surface area contributed by atoms with Crippen LogP contribution in [0.2, 0.25) is 0 Å². The molecule has 2 aromatic carbocycles. The van der Waals surface area contributed by atoms with Crippen molar-refractivity contribution >= 4 is 22.9 Å². The van der Waals surface area contributed by atoms with Crippen LogP contribution < -0.4 is 5.32 Å². The zero-order valence-corrected chi connectivity index (χ0v) is 20.3. The van der Waals surface area contributed by atoms with Crippen molar-refractivity contribution in [1.29, 1.82) is 0 Å². The fourth-order valence-corrected chi connectivity index (χ4v) is 5.55. The van der Waals surface area contributed by atoms with Crippen molar-refractivity contribution in [1.82, 2.24) is 14.7 Å². The number of benzene rings is 2. The van der Waals surface area contributed by atoms with Gasteiger partial charge in [0.1, 0.15) is 12.4 Å². The Kier molecular flexibility index (Phi) is 6.57. The SMILES string of the molecule is O=C1Nc2ccccc2C1=C1OCc2cc(CCN3CCN(CCN4CCOCC4)CC3)ccc21. The minimum atomic E-state index is -0.0813. The summed E-state index contributed by atoms with van der Waals surface area (Å²) in [7, 11) is 0. The van der Waals surface area contributed by atoms with E-state index in [4.69, 9.17) is 9.47 Å². The number of nitrogens with zero attached hydrogens (tertiary/aromatic N) is 3. The molecule has 184 valence electrons. The third-order valence-electron chi connectivity index (χ3n) is 7.70. The number of anilines is 1. The van der Waals surface area contributed by atoms with Gasteiger partial charge in [0, 0.05) is 81.3 Å². The zero-order chi connectivity index (χ0) is 23.6. The number of nitrogens with one attached hydrogen (secondary N) is 1. The highest BCUT2D eigenvalue weighted by Gasteiger charge is 2.32. The summed E-state index contributed by atoms with van der Waals surface area (Å²) in [6, 6.07) is 14.4. The molecule has 0 aliphatic carbocycles. The Bertz CT molecular complexity index is 1120. The molecule has 4 heterocycles. The first-order valence-corrected chi connectivity index (χ1v) is 12.9. The third kappa shape index (κ3) is 4.86. The first kappa shape index (κ1) is 22.7. The van der Waals surface area contributed by atoms with E-state index in [1.807, 2.05) is 24.3 Å². The summed E-state index contributed by atoms with van der Waals surface area (Å²) in [4.78, 5) is 20.4. The van der Waals surface area contributed by atoms with Crippen LogP contribution in [0.4, 0.5) is 5.69 Å². The Balaban J connectivity index is 1.03. The predicted molar refractivity (Wildman–Crippen MR) is 137 cm³/mol. The molecule has 2 aromatic rings. The maximum atomic E-state index is 12.7. The standard InChI is InChI=1S/C28H34N4O3/c33-28-26(24-3-1-2-4-25(24)29-28)27-23-6-5-21(19-22(23)20-35-27)7-8-30-9-11-31(12-10-30)13-14-32-15-17-34-18-16-32/h1-6,19H,7-18,20H2,(H,29,33). The number of amides is 1. The van der Waals surface area contributed by atoms with Gasteiger partial charge in [-0.3, -0.25) is 14.6 Å². The average molecular weight is 475 g/mol. The lowest BCUT2D eigenvalue weighted by Gasteiger charge is -2.36. The Morgan fingerprint density at radius 2 is 1.51 bits per heavy atom. The number of piperazine rings is 1. The van der Waals surface area contributed by atoms with Gasteiger partial charge in [0.25, 0.3) is 5.91 Å². The summed E-state index contributed by atoms with van der Waals surface area (Å²) < 4.78 is 11.5. The van der Waals surface area contributed by atoms with Gasteiger partial charge in [0.15, 0.2) is 0 Å². The largest absolute Gasteiger partial charge is 0.487 e. The van der Waals surface area contributed by atoms with Gasteiger partial charge < -0.3 is 19.7 Å². The molecule has 0 atom stereocenters. The smallest absolute Gasteiger partial charge is 0.260 e. The minimum Gasteiger partial charge on any atom is -0.487 e. The lowest BCUT2D eigenvalue weighted by molar-refractivity contribution is -0.110. The van der Waals surface area contributed by atoms with Crippen molar-refractivity contribution < 1.29 is 14.3 Å². The number of hydrogen-bond acceptors (Lipinski definition) is 6. The quantitative estimate of drug-likeness (QED) is 0.650.